The Hall–Kier alpha value is -0.350. The largest absolute Gasteiger partial charge is 0.355 e. The molecule has 2 nitrogen and oxygen atoms in total. The first-order valence-corrected chi connectivity index (χ1v) is 5.43. The molecule has 1 amide bonds. The first-order valence-electron chi connectivity index (χ1n) is 3.76. The molecular formula is C8H8BrNOS. The van der Waals surface area contributed by atoms with Crippen molar-refractivity contribution in [1.82, 2.24) is 5.32 Å². The molecule has 1 unspecified atom stereocenters. The van der Waals surface area contributed by atoms with Crippen LogP contribution in [-0.4, -0.2) is 12.5 Å². The van der Waals surface area contributed by atoms with E-state index in [4.69, 9.17) is 0 Å². The molecule has 1 N–H and O–H groups in total. The van der Waals surface area contributed by atoms with Crippen molar-refractivity contribution in [2.24, 2.45) is 0 Å². The molecule has 12 heavy (non-hydrogen) atoms. The number of halogens is 1. The molecule has 4 heteroatoms. The predicted molar refractivity (Wildman–Crippen MR) is 52.4 cm³/mol. The van der Waals surface area contributed by atoms with Crippen molar-refractivity contribution >= 4 is 33.2 Å². The zero-order valence-electron chi connectivity index (χ0n) is 6.34. The lowest BCUT2D eigenvalue weighted by molar-refractivity contribution is -0.119. The van der Waals surface area contributed by atoms with Crippen molar-refractivity contribution in [1.29, 1.82) is 0 Å². The summed E-state index contributed by atoms with van der Waals surface area (Å²) in [5.74, 6) is 0.558. The van der Waals surface area contributed by atoms with Gasteiger partial charge in [0, 0.05) is 18.9 Å². The smallest absolute Gasteiger partial charge is 0.220 e. The molecule has 1 aliphatic heterocycles. The van der Waals surface area contributed by atoms with E-state index in [1.165, 1.54) is 5.56 Å². The summed E-state index contributed by atoms with van der Waals surface area (Å²) >= 11 is 5.08. The Balaban J connectivity index is 2.15. The highest BCUT2D eigenvalue weighted by atomic mass is 79.9. The molecule has 1 aliphatic rings. The maximum atomic E-state index is 10.9. The highest BCUT2D eigenvalue weighted by Crippen LogP contribution is 2.29. The minimum atomic E-state index is 0.169. The Bertz CT molecular complexity index is 310. The van der Waals surface area contributed by atoms with Crippen LogP contribution in [0.25, 0.3) is 0 Å². The van der Waals surface area contributed by atoms with Crippen LogP contribution < -0.4 is 5.32 Å². The molecule has 0 aliphatic carbocycles. The number of carbonyl (C=O) groups excluding carboxylic acids is 1. The minimum absolute atomic E-state index is 0.169. The van der Waals surface area contributed by atoms with E-state index in [0.29, 0.717) is 12.3 Å². The molecule has 64 valence electrons. The van der Waals surface area contributed by atoms with Crippen molar-refractivity contribution in [2.75, 3.05) is 6.54 Å². The van der Waals surface area contributed by atoms with Gasteiger partial charge >= 0.3 is 0 Å². The minimum Gasteiger partial charge on any atom is -0.355 e. The summed E-state index contributed by atoms with van der Waals surface area (Å²) in [7, 11) is 0. The van der Waals surface area contributed by atoms with E-state index in [2.05, 4.69) is 32.7 Å². The summed E-state index contributed by atoms with van der Waals surface area (Å²) in [6.07, 6.45) is 0.642. The molecule has 1 atom stereocenters. The standard InChI is InChI=1S/C8H8BrNOS/c9-7-1-6(4-12-7)5-2-8(11)10-3-5/h1,4-5H,2-3H2,(H,10,11). The second-order valence-corrected chi connectivity index (χ2v) is 5.18. The molecule has 1 aromatic heterocycles. The maximum absolute atomic E-state index is 10.9. The molecule has 2 rings (SSSR count). The number of rotatable bonds is 1. The highest BCUT2D eigenvalue weighted by Gasteiger charge is 2.23. The number of thiophene rings is 1. The Morgan fingerprint density at radius 2 is 2.50 bits per heavy atom. The third-order valence-corrected chi connectivity index (χ3v) is 3.56. The summed E-state index contributed by atoms with van der Waals surface area (Å²) in [5.41, 5.74) is 1.27. The zero-order chi connectivity index (χ0) is 8.55. The van der Waals surface area contributed by atoms with Crippen molar-refractivity contribution in [3.63, 3.8) is 0 Å². The second kappa shape index (κ2) is 3.18. The average molecular weight is 246 g/mol. The van der Waals surface area contributed by atoms with Crippen molar-refractivity contribution in [2.45, 2.75) is 12.3 Å². The number of hydrogen-bond acceptors (Lipinski definition) is 2. The number of carbonyl (C=O) groups is 1. The topological polar surface area (TPSA) is 29.1 Å². The fourth-order valence-corrected chi connectivity index (χ4v) is 2.64. The molecule has 0 bridgehead atoms. The normalized spacial score (nSPS) is 22.8. The van der Waals surface area contributed by atoms with Crippen LogP contribution in [0, 0.1) is 0 Å². The van der Waals surface area contributed by atoms with Gasteiger partial charge in [-0.25, -0.2) is 0 Å². The van der Waals surface area contributed by atoms with Gasteiger partial charge in [-0.15, -0.1) is 11.3 Å². The van der Waals surface area contributed by atoms with E-state index in [9.17, 15) is 4.79 Å². The predicted octanol–water partition coefficient (Wildman–Crippen LogP) is 2.11. The van der Waals surface area contributed by atoms with E-state index in [1.807, 2.05) is 0 Å². The lowest BCUT2D eigenvalue weighted by Gasteiger charge is -2.01. The van der Waals surface area contributed by atoms with Gasteiger partial charge in [-0.2, -0.15) is 0 Å². The molecule has 0 aromatic carbocycles. The summed E-state index contributed by atoms with van der Waals surface area (Å²) in [4.78, 5) is 10.9. The van der Waals surface area contributed by atoms with Crippen LogP contribution >= 0.6 is 27.3 Å². The van der Waals surface area contributed by atoms with Crippen LogP contribution in [0.4, 0.5) is 0 Å². The summed E-state index contributed by atoms with van der Waals surface area (Å²) in [5, 5.41) is 4.93. The molecule has 1 fully saturated rings. The van der Waals surface area contributed by atoms with Crippen LogP contribution in [0.1, 0.15) is 17.9 Å². The van der Waals surface area contributed by atoms with E-state index in [0.717, 1.165) is 10.3 Å². The van der Waals surface area contributed by atoms with Crippen LogP contribution in [0.2, 0.25) is 0 Å². The first-order chi connectivity index (χ1) is 5.75. The van der Waals surface area contributed by atoms with E-state index < -0.39 is 0 Å². The average Bonchev–Trinajstić information content (AvgIpc) is 2.58. The van der Waals surface area contributed by atoms with Gasteiger partial charge in [0.15, 0.2) is 0 Å². The van der Waals surface area contributed by atoms with Crippen LogP contribution in [-0.2, 0) is 4.79 Å². The number of nitrogens with one attached hydrogen (secondary N) is 1. The van der Waals surface area contributed by atoms with Gasteiger partial charge in [-0.1, -0.05) is 0 Å². The van der Waals surface area contributed by atoms with Crippen molar-refractivity contribution in [3.05, 3.63) is 20.8 Å². The fraction of sp³-hybridized carbons (Fsp3) is 0.375. The Morgan fingerprint density at radius 1 is 1.67 bits per heavy atom. The Morgan fingerprint density at radius 3 is 3.00 bits per heavy atom. The molecule has 0 spiro atoms. The van der Waals surface area contributed by atoms with E-state index in [1.54, 1.807) is 11.3 Å². The van der Waals surface area contributed by atoms with Crippen LogP contribution in [0.5, 0.6) is 0 Å². The van der Waals surface area contributed by atoms with Gasteiger partial charge in [-0.05, 0) is 32.9 Å². The Kier molecular flexibility index (Phi) is 2.19. The van der Waals surface area contributed by atoms with Gasteiger partial charge in [0.25, 0.3) is 0 Å². The summed E-state index contributed by atoms with van der Waals surface area (Å²) in [6, 6.07) is 2.09. The Labute approximate surface area is 83.1 Å². The van der Waals surface area contributed by atoms with Crippen molar-refractivity contribution < 1.29 is 4.79 Å². The molecule has 0 saturated carbocycles. The van der Waals surface area contributed by atoms with Gasteiger partial charge in [0.2, 0.25) is 5.91 Å². The van der Waals surface area contributed by atoms with Crippen LogP contribution in [0.15, 0.2) is 15.2 Å². The fourth-order valence-electron chi connectivity index (χ4n) is 1.38. The molecule has 2 heterocycles. The molecule has 0 radical (unpaired) electrons. The lowest BCUT2D eigenvalue weighted by Crippen LogP contribution is -2.13. The summed E-state index contributed by atoms with van der Waals surface area (Å²) in [6.45, 7) is 0.794. The highest BCUT2D eigenvalue weighted by molar-refractivity contribution is 9.11. The summed E-state index contributed by atoms with van der Waals surface area (Å²) < 4.78 is 1.14. The third-order valence-electron chi connectivity index (χ3n) is 2.04. The number of hydrogen-bond donors (Lipinski definition) is 1. The molecular weight excluding hydrogens is 238 g/mol. The van der Waals surface area contributed by atoms with Gasteiger partial charge < -0.3 is 5.32 Å². The third kappa shape index (κ3) is 1.54. The molecule has 1 saturated heterocycles. The van der Waals surface area contributed by atoms with E-state index in [-0.39, 0.29) is 5.91 Å². The van der Waals surface area contributed by atoms with Gasteiger partial charge in [0.05, 0.1) is 3.79 Å². The van der Waals surface area contributed by atoms with Crippen molar-refractivity contribution in [3.8, 4) is 0 Å². The van der Waals surface area contributed by atoms with E-state index >= 15 is 0 Å². The van der Waals surface area contributed by atoms with Crippen LogP contribution in [0.3, 0.4) is 0 Å². The maximum Gasteiger partial charge on any atom is 0.220 e. The number of amides is 1. The molecule has 1 aromatic rings. The van der Waals surface area contributed by atoms with Gasteiger partial charge in [0.1, 0.15) is 0 Å². The SMILES string of the molecule is O=C1CC(c2csc(Br)c2)CN1. The first kappa shape index (κ1) is 8.26. The zero-order valence-corrected chi connectivity index (χ0v) is 8.74. The monoisotopic (exact) mass is 245 g/mol. The second-order valence-electron chi connectivity index (χ2n) is 2.89. The quantitative estimate of drug-likeness (QED) is 0.807. The van der Waals surface area contributed by atoms with Gasteiger partial charge in [-0.3, -0.25) is 4.79 Å². The lowest BCUT2D eigenvalue weighted by atomic mass is 10.0.